The van der Waals surface area contributed by atoms with Crippen LogP contribution < -0.4 is 5.32 Å². The second-order valence-corrected chi connectivity index (χ2v) is 3.28. The summed E-state index contributed by atoms with van der Waals surface area (Å²) >= 11 is 0. The first kappa shape index (κ1) is 15.0. The second-order valence-electron chi connectivity index (χ2n) is 3.28. The van der Waals surface area contributed by atoms with E-state index in [0.29, 0.717) is 0 Å². The van der Waals surface area contributed by atoms with Crippen molar-refractivity contribution >= 4 is 18.4 Å². The SMILES string of the molecule is CN(C)CCCNC(=O)N(C)C.Cl. The van der Waals surface area contributed by atoms with Gasteiger partial charge in [0.05, 0.1) is 0 Å². The number of hydrogen-bond donors (Lipinski definition) is 1. The highest BCUT2D eigenvalue weighted by Gasteiger charge is 2.00. The number of rotatable bonds is 4. The van der Waals surface area contributed by atoms with Crippen LogP contribution in [0.5, 0.6) is 0 Å². The zero-order chi connectivity index (χ0) is 9.56. The van der Waals surface area contributed by atoms with Crippen molar-refractivity contribution in [3.05, 3.63) is 0 Å². The lowest BCUT2D eigenvalue weighted by atomic mass is 10.4. The van der Waals surface area contributed by atoms with Gasteiger partial charge in [0.25, 0.3) is 0 Å². The molecule has 0 aliphatic heterocycles. The Hall–Kier alpha value is -0.480. The maximum atomic E-state index is 11.0. The summed E-state index contributed by atoms with van der Waals surface area (Å²) in [6, 6.07) is -0.0197. The standard InChI is InChI=1S/C8H19N3O.ClH/c1-10(2)7-5-6-9-8(12)11(3)4;/h5-7H2,1-4H3,(H,9,12);1H. The molecule has 0 spiro atoms. The van der Waals surface area contributed by atoms with E-state index in [-0.39, 0.29) is 18.4 Å². The van der Waals surface area contributed by atoms with Crippen LogP contribution in [-0.4, -0.2) is 57.1 Å². The minimum Gasteiger partial charge on any atom is -0.338 e. The fourth-order valence-corrected chi connectivity index (χ4v) is 0.749. The van der Waals surface area contributed by atoms with Gasteiger partial charge in [-0.2, -0.15) is 0 Å². The largest absolute Gasteiger partial charge is 0.338 e. The lowest BCUT2D eigenvalue weighted by Gasteiger charge is -2.13. The van der Waals surface area contributed by atoms with Gasteiger partial charge < -0.3 is 15.1 Å². The van der Waals surface area contributed by atoms with Gasteiger partial charge in [-0.15, -0.1) is 12.4 Å². The maximum Gasteiger partial charge on any atom is 0.316 e. The van der Waals surface area contributed by atoms with Crippen LogP contribution in [0.25, 0.3) is 0 Å². The second kappa shape index (κ2) is 8.13. The molecule has 0 heterocycles. The van der Waals surface area contributed by atoms with E-state index in [1.165, 1.54) is 4.90 Å². The summed E-state index contributed by atoms with van der Waals surface area (Å²) in [5, 5.41) is 2.80. The Balaban J connectivity index is 0. The topological polar surface area (TPSA) is 35.6 Å². The lowest BCUT2D eigenvalue weighted by Crippen LogP contribution is -2.35. The number of hydrogen-bond acceptors (Lipinski definition) is 2. The van der Waals surface area contributed by atoms with E-state index in [1.807, 2.05) is 14.1 Å². The molecule has 80 valence electrons. The fourth-order valence-electron chi connectivity index (χ4n) is 0.749. The average Bonchev–Trinajstić information content (AvgIpc) is 1.97. The van der Waals surface area contributed by atoms with Crippen molar-refractivity contribution in [2.75, 3.05) is 41.3 Å². The Bertz CT molecular complexity index is 139. The molecule has 0 bridgehead atoms. The van der Waals surface area contributed by atoms with Gasteiger partial charge in [-0.3, -0.25) is 0 Å². The predicted octanol–water partition coefficient (Wildman–Crippen LogP) is 0.631. The van der Waals surface area contributed by atoms with Crippen molar-refractivity contribution in [1.29, 1.82) is 0 Å². The van der Waals surface area contributed by atoms with E-state index >= 15 is 0 Å². The maximum absolute atomic E-state index is 11.0. The normalized spacial score (nSPS) is 9.31. The molecule has 5 heteroatoms. The fraction of sp³-hybridized carbons (Fsp3) is 0.875. The summed E-state index contributed by atoms with van der Waals surface area (Å²) in [4.78, 5) is 14.6. The molecule has 0 radical (unpaired) electrons. The minimum atomic E-state index is -0.0197. The van der Waals surface area contributed by atoms with Crippen LogP contribution in [0.2, 0.25) is 0 Å². The highest BCUT2D eigenvalue weighted by Crippen LogP contribution is 1.82. The van der Waals surface area contributed by atoms with Gasteiger partial charge >= 0.3 is 6.03 Å². The van der Waals surface area contributed by atoms with Crippen LogP contribution in [0.15, 0.2) is 0 Å². The first-order valence-corrected chi connectivity index (χ1v) is 4.14. The number of halogens is 1. The number of carbonyl (C=O) groups is 1. The monoisotopic (exact) mass is 209 g/mol. The predicted molar refractivity (Wildman–Crippen MR) is 57.5 cm³/mol. The molecule has 0 aromatic heterocycles. The number of nitrogens with zero attached hydrogens (tertiary/aromatic N) is 2. The molecule has 0 fully saturated rings. The number of carbonyl (C=O) groups excluding carboxylic acids is 1. The summed E-state index contributed by atoms with van der Waals surface area (Å²) in [6.45, 7) is 1.75. The van der Waals surface area contributed by atoms with Crippen LogP contribution in [0, 0.1) is 0 Å². The summed E-state index contributed by atoms with van der Waals surface area (Å²) in [6.07, 6.45) is 0.993. The van der Waals surface area contributed by atoms with E-state index in [0.717, 1.165) is 19.5 Å². The third-order valence-corrected chi connectivity index (χ3v) is 1.46. The van der Waals surface area contributed by atoms with Gasteiger partial charge in [0.15, 0.2) is 0 Å². The van der Waals surface area contributed by atoms with Crippen molar-refractivity contribution in [1.82, 2.24) is 15.1 Å². The molecule has 0 aromatic carbocycles. The molecule has 0 saturated carbocycles. The number of urea groups is 1. The van der Waals surface area contributed by atoms with E-state index in [2.05, 4.69) is 10.2 Å². The first-order valence-electron chi connectivity index (χ1n) is 4.14. The molecule has 0 aliphatic carbocycles. The van der Waals surface area contributed by atoms with Crippen LogP contribution in [-0.2, 0) is 0 Å². The summed E-state index contributed by atoms with van der Waals surface area (Å²) in [7, 11) is 7.52. The molecule has 2 amide bonds. The zero-order valence-corrected chi connectivity index (χ0v) is 9.65. The van der Waals surface area contributed by atoms with Crippen LogP contribution >= 0.6 is 12.4 Å². The number of nitrogens with one attached hydrogen (secondary N) is 1. The van der Waals surface area contributed by atoms with Crippen LogP contribution in [0.4, 0.5) is 4.79 Å². The lowest BCUT2D eigenvalue weighted by molar-refractivity contribution is 0.217. The number of amides is 2. The molecule has 0 aromatic rings. The summed E-state index contributed by atoms with van der Waals surface area (Å²) < 4.78 is 0. The van der Waals surface area contributed by atoms with Crippen molar-refractivity contribution in [2.24, 2.45) is 0 Å². The van der Waals surface area contributed by atoms with Crippen molar-refractivity contribution in [2.45, 2.75) is 6.42 Å². The van der Waals surface area contributed by atoms with Crippen molar-refractivity contribution in [3.8, 4) is 0 Å². The molecule has 0 rings (SSSR count). The smallest absolute Gasteiger partial charge is 0.316 e. The Morgan fingerprint density at radius 1 is 1.23 bits per heavy atom. The summed E-state index contributed by atoms with van der Waals surface area (Å²) in [5.41, 5.74) is 0. The third kappa shape index (κ3) is 9.43. The van der Waals surface area contributed by atoms with Crippen LogP contribution in [0.3, 0.4) is 0 Å². The first-order chi connectivity index (χ1) is 5.54. The third-order valence-electron chi connectivity index (χ3n) is 1.46. The molecule has 0 unspecified atom stereocenters. The molecule has 13 heavy (non-hydrogen) atoms. The van der Waals surface area contributed by atoms with E-state index < -0.39 is 0 Å². The molecule has 0 saturated heterocycles. The molecular formula is C8H20ClN3O. The van der Waals surface area contributed by atoms with Gasteiger partial charge in [0, 0.05) is 20.6 Å². The van der Waals surface area contributed by atoms with Gasteiger partial charge in [-0.25, -0.2) is 4.79 Å². The minimum absolute atomic E-state index is 0. The zero-order valence-electron chi connectivity index (χ0n) is 8.83. The average molecular weight is 210 g/mol. The van der Waals surface area contributed by atoms with Crippen molar-refractivity contribution in [3.63, 3.8) is 0 Å². The molecular weight excluding hydrogens is 190 g/mol. The molecule has 1 N–H and O–H groups in total. The Labute approximate surface area is 86.7 Å². The quantitative estimate of drug-likeness (QED) is 0.690. The van der Waals surface area contributed by atoms with Crippen molar-refractivity contribution < 1.29 is 4.79 Å². The Morgan fingerprint density at radius 3 is 2.15 bits per heavy atom. The van der Waals surface area contributed by atoms with Crippen LogP contribution in [0.1, 0.15) is 6.42 Å². The Morgan fingerprint density at radius 2 is 1.77 bits per heavy atom. The van der Waals surface area contributed by atoms with E-state index in [9.17, 15) is 4.79 Å². The highest BCUT2D eigenvalue weighted by atomic mass is 35.5. The molecule has 0 atom stereocenters. The van der Waals surface area contributed by atoms with Gasteiger partial charge in [-0.1, -0.05) is 0 Å². The highest BCUT2D eigenvalue weighted by molar-refractivity contribution is 5.85. The van der Waals surface area contributed by atoms with Gasteiger partial charge in [0.2, 0.25) is 0 Å². The summed E-state index contributed by atoms with van der Waals surface area (Å²) in [5.74, 6) is 0. The Kier molecular flexibility index (Phi) is 9.39. The van der Waals surface area contributed by atoms with Gasteiger partial charge in [0.1, 0.15) is 0 Å². The van der Waals surface area contributed by atoms with E-state index in [1.54, 1.807) is 14.1 Å². The molecule has 4 nitrogen and oxygen atoms in total. The van der Waals surface area contributed by atoms with E-state index in [4.69, 9.17) is 0 Å². The van der Waals surface area contributed by atoms with Gasteiger partial charge in [-0.05, 0) is 27.1 Å². The molecule has 0 aliphatic rings.